The number of nitrogens with one attached hydrogen (secondary N) is 1. The topological polar surface area (TPSA) is 24.9 Å². The molecule has 100 valence electrons. The second-order valence-corrected chi connectivity index (χ2v) is 5.61. The van der Waals surface area contributed by atoms with Gasteiger partial charge in [-0.3, -0.25) is 4.98 Å². The van der Waals surface area contributed by atoms with Crippen molar-refractivity contribution in [3.05, 3.63) is 42.1 Å². The van der Waals surface area contributed by atoms with Crippen molar-refractivity contribution < 1.29 is 0 Å². The van der Waals surface area contributed by atoms with E-state index >= 15 is 0 Å². The Balaban J connectivity index is 1.88. The summed E-state index contributed by atoms with van der Waals surface area (Å²) >= 11 is 0. The second-order valence-electron chi connectivity index (χ2n) is 5.61. The van der Waals surface area contributed by atoms with E-state index in [0.717, 1.165) is 17.4 Å². The van der Waals surface area contributed by atoms with Crippen LogP contribution in [0.4, 0.5) is 0 Å². The SMILES string of the molecule is CCC1CNCCC1Cc1ccnc2ccccc12. The van der Waals surface area contributed by atoms with Crippen molar-refractivity contribution in [2.75, 3.05) is 13.1 Å². The monoisotopic (exact) mass is 254 g/mol. The van der Waals surface area contributed by atoms with E-state index in [9.17, 15) is 0 Å². The third-order valence-electron chi connectivity index (χ3n) is 4.51. The number of aromatic nitrogens is 1. The molecule has 1 aromatic heterocycles. The van der Waals surface area contributed by atoms with Crippen LogP contribution in [0.15, 0.2) is 36.5 Å². The first-order valence-corrected chi connectivity index (χ1v) is 7.42. The highest BCUT2D eigenvalue weighted by Crippen LogP contribution is 2.28. The lowest BCUT2D eigenvalue weighted by molar-refractivity contribution is 0.246. The predicted molar refractivity (Wildman–Crippen MR) is 80.2 cm³/mol. The molecule has 19 heavy (non-hydrogen) atoms. The second kappa shape index (κ2) is 5.70. The highest BCUT2D eigenvalue weighted by Gasteiger charge is 2.23. The fraction of sp³-hybridized carbons (Fsp3) is 0.471. The van der Waals surface area contributed by atoms with E-state index in [1.54, 1.807) is 0 Å². The van der Waals surface area contributed by atoms with Gasteiger partial charge in [-0.1, -0.05) is 31.5 Å². The minimum atomic E-state index is 0.817. The fourth-order valence-corrected chi connectivity index (χ4v) is 3.34. The Morgan fingerprint density at radius 1 is 1.21 bits per heavy atom. The fourth-order valence-electron chi connectivity index (χ4n) is 3.34. The number of benzene rings is 1. The first-order valence-electron chi connectivity index (χ1n) is 7.42. The Morgan fingerprint density at radius 3 is 3.00 bits per heavy atom. The van der Waals surface area contributed by atoms with Gasteiger partial charge in [-0.2, -0.15) is 0 Å². The Bertz CT molecular complexity index is 544. The molecular formula is C17H22N2. The van der Waals surface area contributed by atoms with Crippen molar-refractivity contribution in [3.63, 3.8) is 0 Å². The van der Waals surface area contributed by atoms with E-state index in [0.29, 0.717) is 0 Å². The lowest BCUT2D eigenvalue weighted by Crippen LogP contribution is -2.37. The molecule has 0 spiro atoms. The molecule has 1 aliphatic rings. The van der Waals surface area contributed by atoms with Crippen LogP contribution >= 0.6 is 0 Å². The summed E-state index contributed by atoms with van der Waals surface area (Å²) in [6, 6.07) is 10.7. The Labute approximate surface area is 115 Å². The number of fused-ring (bicyclic) bond motifs is 1. The number of piperidine rings is 1. The molecule has 2 unspecified atom stereocenters. The average Bonchev–Trinajstić information content (AvgIpc) is 2.48. The number of rotatable bonds is 3. The van der Waals surface area contributed by atoms with E-state index in [1.807, 2.05) is 6.20 Å². The number of para-hydroxylation sites is 1. The lowest BCUT2D eigenvalue weighted by atomic mass is 9.80. The molecule has 0 amide bonds. The van der Waals surface area contributed by atoms with Crippen LogP contribution in [0.2, 0.25) is 0 Å². The molecule has 2 heteroatoms. The molecule has 0 radical (unpaired) electrons. The first kappa shape index (κ1) is 12.6. The highest BCUT2D eigenvalue weighted by molar-refractivity contribution is 5.81. The summed E-state index contributed by atoms with van der Waals surface area (Å²) in [5, 5.41) is 4.86. The summed E-state index contributed by atoms with van der Waals surface area (Å²) in [6.07, 6.45) is 5.73. The Hall–Kier alpha value is -1.41. The van der Waals surface area contributed by atoms with Gasteiger partial charge < -0.3 is 5.32 Å². The van der Waals surface area contributed by atoms with E-state index in [1.165, 1.54) is 43.3 Å². The molecule has 1 aromatic carbocycles. The molecule has 0 bridgehead atoms. The summed E-state index contributed by atoms with van der Waals surface area (Å²) in [6.45, 7) is 4.67. The summed E-state index contributed by atoms with van der Waals surface area (Å²) in [4.78, 5) is 4.46. The van der Waals surface area contributed by atoms with E-state index < -0.39 is 0 Å². The smallest absolute Gasteiger partial charge is 0.0704 e. The first-order chi connectivity index (χ1) is 9.38. The lowest BCUT2D eigenvalue weighted by Gasteiger charge is -2.31. The zero-order valence-electron chi connectivity index (χ0n) is 11.6. The van der Waals surface area contributed by atoms with Crippen molar-refractivity contribution in [2.24, 2.45) is 11.8 Å². The van der Waals surface area contributed by atoms with E-state index in [2.05, 4.69) is 47.6 Å². The van der Waals surface area contributed by atoms with Crippen molar-refractivity contribution >= 4 is 10.9 Å². The maximum Gasteiger partial charge on any atom is 0.0704 e. The highest BCUT2D eigenvalue weighted by atomic mass is 14.9. The molecule has 1 fully saturated rings. The molecule has 2 aromatic rings. The molecular weight excluding hydrogens is 232 g/mol. The van der Waals surface area contributed by atoms with Crippen LogP contribution in [-0.2, 0) is 6.42 Å². The molecule has 1 N–H and O–H groups in total. The normalized spacial score (nSPS) is 23.6. The van der Waals surface area contributed by atoms with Gasteiger partial charge >= 0.3 is 0 Å². The largest absolute Gasteiger partial charge is 0.316 e. The molecule has 2 heterocycles. The van der Waals surface area contributed by atoms with Gasteiger partial charge in [-0.15, -0.1) is 0 Å². The van der Waals surface area contributed by atoms with Gasteiger partial charge in [0.2, 0.25) is 0 Å². The third kappa shape index (κ3) is 2.64. The van der Waals surface area contributed by atoms with Crippen LogP contribution in [0.3, 0.4) is 0 Å². The average molecular weight is 254 g/mol. The molecule has 0 aliphatic carbocycles. The third-order valence-corrected chi connectivity index (χ3v) is 4.51. The summed E-state index contributed by atoms with van der Waals surface area (Å²) in [7, 11) is 0. The van der Waals surface area contributed by atoms with Gasteiger partial charge in [-0.05, 0) is 55.5 Å². The molecule has 1 saturated heterocycles. The maximum absolute atomic E-state index is 4.46. The molecule has 2 nitrogen and oxygen atoms in total. The Kier molecular flexibility index (Phi) is 3.79. The van der Waals surface area contributed by atoms with Crippen LogP contribution in [0, 0.1) is 11.8 Å². The number of nitrogens with zero attached hydrogens (tertiary/aromatic N) is 1. The van der Waals surface area contributed by atoms with Crippen molar-refractivity contribution in [1.29, 1.82) is 0 Å². The maximum atomic E-state index is 4.46. The molecule has 3 rings (SSSR count). The zero-order valence-corrected chi connectivity index (χ0v) is 11.6. The van der Waals surface area contributed by atoms with Crippen molar-refractivity contribution in [3.8, 4) is 0 Å². The summed E-state index contributed by atoms with van der Waals surface area (Å²) in [5.74, 6) is 1.64. The summed E-state index contributed by atoms with van der Waals surface area (Å²) < 4.78 is 0. The van der Waals surface area contributed by atoms with Gasteiger partial charge in [0.25, 0.3) is 0 Å². The van der Waals surface area contributed by atoms with Crippen molar-refractivity contribution in [1.82, 2.24) is 10.3 Å². The van der Waals surface area contributed by atoms with Gasteiger partial charge in [0.15, 0.2) is 0 Å². The zero-order chi connectivity index (χ0) is 13.1. The van der Waals surface area contributed by atoms with Crippen LogP contribution < -0.4 is 5.32 Å². The molecule has 0 saturated carbocycles. The van der Waals surface area contributed by atoms with Crippen LogP contribution in [0.1, 0.15) is 25.3 Å². The minimum Gasteiger partial charge on any atom is -0.316 e. The number of pyridine rings is 1. The minimum absolute atomic E-state index is 0.817. The van der Waals surface area contributed by atoms with Crippen molar-refractivity contribution in [2.45, 2.75) is 26.2 Å². The van der Waals surface area contributed by atoms with Gasteiger partial charge in [0.05, 0.1) is 5.52 Å². The van der Waals surface area contributed by atoms with Crippen LogP contribution in [0.25, 0.3) is 10.9 Å². The van der Waals surface area contributed by atoms with Gasteiger partial charge in [0, 0.05) is 11.6 Å². The van der Waals surface area contributed by atoms with Gasteiger partial charge in [-0.25, -0.2) is 0 Å². The quantitative estimate of drug-likeness (QED) is 0.908. The number of hydrogen-bond acceptors (Lipinski definition) is 2. The van der Waals surface area contributed by atoms with Crippen LogP contribution in [-0.4, -0.2) is 18.1 Å². The predicted octanol–water partition coefficient (Wildman–Crippen LogP) is 3.41. The van der Waals surface area contributed by atoms with E-state index in [4.69, 9.17) is 0 Å². The van der Waals surface area contributed by atoms with Crippen LogP contribution in [0.5, 0.6) is 0 Å². The summed E-state index contributed by atoms with van der Waals surface area (Å²) in [5.41, 5.74) is 2.60. The Morgan fingerprint density at radius 2 is 2.11 bits per heavy atom. The molecule has 2 atom stereocenters. The van der Waals surface area contributed by atoms with E-state index in [-0.39, 0.29) is 0 Å². The number of hydrogen-bond donors (Lipinski definition) is 1. The van der Waals surface area contributed by atoms with Gasteiger partial charge in [0.1, 0.15) is 0 Å². The molecule has 1 aliphatic heterocycles. The standard InChI is InChI=1S/C17H22N2/c1-2-13-12-18-9-7-14(13)11-15-8-10-19-17-6-4-3-5-16(15)17/h3-6,8,10,13-14,18H,2,7,9,11-12H2,1H3.